The molecule has 0 N–H and O–H groups in total. The number of carbonyl (C=O) groups excluding carboxylic acids is 1. The number of benzene rings is 2. The number of ether oxygens (including phenoxy) is 2. The molecule has 5 nitrogen and oxygen atoms in total. The second-order valence-corrected chi connectivity index (χ2v) is 6.73. The molecule has 0 radical (unpaired) electrons. The molecule has 1 fully saturated rings. The summed E-state index contributed by atoms with van der Waals surface area (Å²) in [6.45, 7) is 4.48. The number of hydrogen-bond donors (Lipinski definition) is 0. The molecule has 0 spiro atoms. The quantitative estimate of drug-likeness (QED) is 0.825. The highest BCUT2D eigenvalue weighted by molar-refractivity contribution is 6.32. The third kappa shape index (κ3) is 3.00. The van der Waals surface area contributed by atoms with Gasteiger partial charge in [0.15, 0.2) is 11.5 Å². The molecule has 1 saturated heterocycles. The molecule has 1 atom stereocenters. The third-order valence-electron chi connectivity index (χ3n) is 4.68. The molecular weight excluding hydrogens is 340 g/mol. The van der Waals surface area contributed by atoms with E-state index in [4.69, 9.17) is 21.1 Å². The van der Waals surface area contributed by atoms with E-state index in [1.54, 1.807) is 12.1 Å². The van der Waals surface area contributed by atoms with Crippen LogP contribution in [-0.2, 0) is 0 Å². The van der Waals surface area contributed by atoms with Crippen molar-refractivity contribution in [3.05, 3.63) is 53.1 Å². The summed E-state index contributed by atoms with van der Waals surface area (Å²) in [6.07, 6.45) is 0. The molecule has 2 aliphatic heterocycles. The average molecular weight is 359 g/mol. The van der Waals surface area contributed by atoms with E-state index in [1.807, 2.05) is 23.1 Å². The highest BCUT2D eigenvalue weighted by Gasteiger charge is 2.30. The molecule has 6 heteroatoms. The second kappa shape index (κ2) is 6.48. The number of nitrogens with zero attached hydrogens (tertiary/aromatic N) is 2. The van der Waals surface area contributed by atoms with Crippen molar-refractivity contribution in [1.82, 2.24) is 4.90 Å². The number of piperazine rings is 1. The first kappa shape index (κ1) is 16.1. The van der Waals surface area contributed by atoms with Gasteiger partial charge in [-0.25, -0.2) is 0 Å². The summed E-state index contributed by atoms with van der Waals surface area (Å²) in [5.74, 6) is 1.02. The van der Waals surface area contributed by atoms with E-state index in [2.05, 4.69) is 24.0 Å². The molecule has 25 heavy (non-hydrogen) atoms. The first-order valence-electron chi connectivity index (χ1n) is 8.33. The summed E-state index contributed by atoms with van der Waals surface area (Å²) >= 11 is 6.21. The van der Waals surface area contributed by atoms with E-state index in [-0.39, 0.29) is 18.7 Å². The predicted octanol–water partition coefficient (Wildman–Crippen LogP) is 3.42. The average Bonchev–Trinajstić information content (AvgIpc) is 3.11. The Labute approximate surface area is 151 Å². The monoisotopic (exact) mass is 358 g/mol. The van der Waals surface area contributed by atoms with Gasteiger partial charge >= 0.3 is 0 Å². The number of para-hydroxylation sites is 1. The lowest BCUT2D eigenvalue weighted by Gasteiger charge is -2.41. The molecule has 0 bridgehead atoms. The Bertz CT molecular complexity index is 797. The van der Waals surface area contributed by atoms with Crippen LogP contribution in [0.1, 0.15) is 17.3 Å². The van der Waals surface area contributed by atoms with Crippen molar-refractivity contribution < 1.29 is 14.3 Å². The van der Waals surface area contributed by atoms with Crippen molar-refractivity contribution in [2.75, 3.05) is 31.3 Å². The van der Waals surface area contributed by atoms with Gasteiger partial charge in [0.25, 0.3) is 5.91 Å². The fraction of sp³-hybridized carbons (Fsp3) is 0.316. The van der Waals surface area contributed by atoms with Crippen molar-refractivity contribution in [3.8, 4) is 11.5 Å². The summed E-state index contributed by atoms with van der Waals surface area (Å²) in [6, 6.07) is 13.8. The Morgan fingerprint density at radius 2 is 1.96 bits per heavy atom. The zero-order valence-corrected chi connectivity index (χ0v) is 14.7. The third-order valence-corrected chi connectivity index (χ3v) is 4.96. The largest absolute Gasteiger partial charge is 0.454 e. The lowest BCUT2D eigenvalue weighted by Crippen LogP contribution is -2.54. The summed E-state index contributed by atoms with van der Waals surface area (Å²) in [5.41, 5.74) is 1.72. The fourth-order valence-electron chi connectivity index (χ4n) is 3.39. The van der Waals surface area contributed by atoms with Crippen LogP contribution in [0.2, 0.25) is 5.02 Å². The maximum atomic E-state index is 13.0. The molecule has 2 heterocycles. The standard InChI is InChI=1S/C19H19ClN2O3/c1-13-11-21(15-5-3-2-4-6-15)7-8-22(13)19(23)14-9-16(20)18-17(10-14)24-12-25-18/h2-6,9-10,13H,7-8,11-12H2,1H3/t13-/m1/s1. The minimum Gasteiger partial charge on any atom is -0.454 e. The maximum absolute atomic E-state index is 13.0. The Kier molecular flexibility index (Phi) is 4.17. The van der Waals surface area contributed by atoms with Gasteiger partial charge in [0.2, 0.25) is 6.79 Å². The van der Waals surface area contributed by atoms with Gasteiger partial charge in [-0.05, 0) is 31.2 Å². The molecule has 2 aliphatic rings. The molecule has 130 valence electrons. The zero-order chi connectivity index (χ0) is 17.4. The van der Waals surface area contributed by atoms with E-state index in [0.29, 0.717) is 28.6 Å². The molecule has 2 aromatic carbocycles. The van der Waals surface area contributed by atoms with Gasteiger partial charge in [-0.2, -0.15) is 0 Å². The van der Waals surface area contributed by atoms with E-state index in [0.717, 1.165) is 13.1 Å². The predicted molar refractivity (Wildman–Crippen MR) is 96.7 cm³/mol. The second-order valence-electron chi connectivity index (χ2n) is 6.32. The first-order chi connectivity index (χ1) is 12.1. The minimum atomic E-state index is -0.0274. The van der Waals surface area contributed by atoms with Gasteiger partial charge in [0.05, 0.1) is 5.02 Å². The van der Waals surface area contributed by atoms with Gasteiger partial charge in [-0.3, -0.25) is 4.79 Å². The smallest absolute Gasteiger partial charge is 0.254 e. The minimum absolute atomic E-state index is 0.0274. The van der Waals surface area contributed by atoms with Gasteiger partial charge in [-0.1, -0.05) is 29.8 Å². The van der Waals surface area contributed by atoms with Crippen LogP contribution in [0.4, 0.5) is 5.69 Å². The van der Waals surface area contributed by atoms with E-state index in [1.165, 1.54) is 5.69 Å². The summed E-state index contributed by atoms with van der Waals surface area (Å²) in [5, 5.41) is 0.411. The van der Waals surface area contributed by atoms with Gasteiger partial charge in [0, 0.05) is 36.9 Å². The van der Waals surface area contributed by atoms with Crippen LogP contribution in [-0.4, -0.2) is 43.3 Å². The molecule has 0 aliphatic carbocycles. The molecule has 4 rings (SSSR count). The fourth-order valence-corrected chi connectivity index (χ4v) is 3.65. The van der Waals surface area contributed by atoms with E-state index >= 15 is 0 Å². The summed E-state index contributed by atoms with van der Waals surface area (Å²) in [7, 11) is 0. The van der Waals surface area contributed by atoms with Crippen LogP contribution in [0, 0.1) is 0 Å². The summed E-state index contributed by atoms with van der Waals surface area (Å²) in [4.78, 5) is 17.2. The molecule has 0 aromatic heterocycles. The van der Waals surface area contributed by atoms with Crippen LogP contribution in [0.15, 0.2) is 42.5 Å². The highest BCUT2D eigenvalue weighted by atomic mass is 35.5. The van der Waals surface area contributed by atoms with Crippen molar-refractivity contribution in [2.45, 2.75) is 13.0 Å². The lowest BCUT2D eigenvalue weighted by molar-refractivity contribution is 0.0673. The number of rotatable bonds is 2. The topological polar surface area (TPSA) is 42.0 Å². The molecule has 2 aromatic rings. The molecule has 0 saturated carbocycles. The Morgan fingerprint density at radius 1 is 1.16 bits per heavy atom. The van der Waals surface area contributed by atoms with E-state index < -0.39 is 0 Å². The summed E-state index contributed by atoms with van der Waals surface area (Å²) < 4.78 is 10.7. The Balaban J connectivity index is 1.51. The van der Waals surface area contributed by atoms with Crippen LogP contribution >= 0.6 is 11.6 Å². The number of fused-ring (bicyclic) bond motifs is 1. The Morgan fingerprint density at radius 3 is 2.72 bits per heavy atom. The first-order valence-corrected chi connectivity index (χ1v) is 8.71. The van der Waals surface area contributed by atoms with Gasteiger partial charge < -0.3 is 19.3 Å². The van der Waals surface area contributed by atoms with Crippen molar-refractivity contribution in [2.24, 2.45) is 0 Å². The SMILES string of the molecule is C[C@@H]1CN(c2ccccc2)CCN1C(=O)c1cc(Cl)c2c(c1)OCO2. The molecule has 0 unspecified atom stereocenters. The van der Waals surface area contributed by atoms with E-state index in [9.17, 15) is 4.79 Å². The lowest BCUT2D eigenvalue weighted by atomic mass is 10.1. The van der Waals surface area contributed by atoms with Crippen molar-refractivity contribution >= 4 is 23.2 Å². The van der Waals surface area contributed by atoms with Gasteiger partial charge in [0.1, 0.15) is 0 Å². The Hall–Kier alpha value is -2.40. The van der Waals surface area contributed by atoms with Gasteiger partial charge in [-0.15, -0.1) is 0 Å². The number of carbonyl (C=O) groups is 1. The van der Waals surface area contributed by atoms with Crippen LogP contribution in [0.3, 0.4) is 0 Å². The van der Waals surface area contributed by atoms with Crippen molar-refractivity contribution in [3.63, 3.8) is 0 Å². The van der Waals surface area contributed by atoms with Crippen LogP contribution in [0.25, 0.3) is 0 Å². The molecule has 1 amide bonds. The highest BCUT2D eigenvalue weighted by Crippen LogP contribution is 2.40. The van der Waals surface area contributed by atoms with Crippen molar-refractivity contribution in [1.29, 1.82) is 0 Å². The number of anilines is 1. The van der Waals surface area contributed by atoms with Crippen LogP contribution in [0.5, 0.6) is 11.5 Å². The zero-order valence-electron chi connectivity index (χ0n) is 13.9. The van der Waals surface area contributed by atoms with Crippen LogP contribution < -0.4 is 14.4 Å². The number of hydrogen-bond acceptors (Lipinski definition) is 4. The normalized spacial score (nSPS) is 19.2. The number of halogens is 1. The molecular formula is C19H19ClN2O3. The maximum Gasteiger partial charge on any atom is 0.254 e. The number of amides is 1.